The summed E-state index contributed by atoms with van der Waals surface area (Å²) in [6, 6.07) is 10.5. The Labute approximate surface area is 108 Å². The minimum absolute atomic E-state index is 0.319. The van der Waals surface area contributed by atoms with Gasteiger partial charge in [0, 0.05) is 24.4 Å². The van der Waals surface area contributed by atoms with Crippen molar-refractivity contribution in [2.24, 2.45) is 0 Å². The van der Waals surface area contributed by atoms with E-state index >= 15 is 0 Å². The minimum atomic E-state index is -0.319. The van der Waals surface area contributed by atoms with Crippen molar-refractivity contribution >= 4 is 15.9 Å². The average molecular weight is 296 g/mol. The van der Waals surface area contributed by atoms with Crippen LogP contribution in [-0.2, 0) is 6.42 Å². The highest BCUT2D eigenvalue weighted by Crippen LogP contribution is 2.20. The fourth-order valence-corrected chi connectivity index (χ4v) is 1.63. The van der Waals surface area contributed by atoms with E-state index in [9.17, 15) is 4.39 Å². The van der Waals surface area contributed by atoms with E-state index in [0.29, 0.717) is 23.2 Å². The number of hydrogen-bond donors (Lipinski definition) is 0. The SMILES string of the molecule is Fc1cc(OCCc2ccccn2)ccc1Br. The van der Waals surface area contributed by atoms with Gasteiger partial charge < -0.3 is 4.74 Å². The number of aromatic nitrogens is 1. The van der Waals surface area contributed by atoms with Crippen LogP contribution in [0.2, 0.25) is 0 Å². The number of ether oxygens (including phenoxy) is 1. The molecule has 2 nitrogen and oxygen atoms in total. The van der Waals surface area contributed by atoms with Crippen LogP contribution in [0.1, 0.15) is 5.69 Å². The fraction of sp³-hybridized carbons (Fsp3) is 0.154. The summed E-state index contributed by atoms with van der Waals surface area (Å²) in [6.07, 6.45) is 2.45. The molecular formula is C13H11BrFNO. The first-order chi connectivity index (χ1) is 8.25. The predicted molar refractivity (Wildman–Crippen MR) is 67.5 cm³/mol. The van der Waals surface area contributed by atoms with Gasteiger partial charge in [0.1, 0.15) is 11.6 Å². The summed E-state index contributed by atoms with van der Waals surface area (Å²) in [5.74, 6) is 0.210. The second kappa shape index (κ2) is 5.77. The van der Waals surface area contributed by atoms with E-state index in [-0.39, 0.29) is 5.82 Å². The number of pyridine rings is 1. The van der Waals surface area contributed by atoms with E-state index in [1.807, 2.05) is 18.2 Å². The van der Waals surface area contributed by atoms with Gasteiger partial charge in [-0.15, -0.1) is 0 Å². The Morgan fingerprint density at radius 1 is 1.24 bits per heavy atom. The molecule has 1 aromatic heterocycles. The number of benzene rings is 1. The standard InChI is InChI=1S/C13H11BrFNO/c14-12-5-4-11(9-13(12)15)17-8-6-10-3-1-2-7-16-10/h1-5,7,9H,6,8H2. The van der Waals surface area contributed by atoms with Crippen molar-refractivity contribution in [1.82, 2.24) is 4.98 Å². The van der Waals surface area contributed by atoms with Crippen molar-refractivity contribution in [2.75, 3.05) is 6.61 Å². The molecule has 0 saturated carbocycles. The van der Waals surface area contributed by atoms with Crippen molar-refractivity contribution in [2.45, 2.75) is 6.42 Å². The van der Waals surface area contributed by atoms with Gasteiger partial charge in [0.15, 0.2) is 0 Å². The molecule has 0 aliphatic heterocycles. The monoisotopic (exact) mass is 295 g/mol. The third-order valence-electron chi connectivity index (χ3n) is 2.24. The zero-order valence-electron chi connectivity index (χ0n) is 9.07. The molecule has 0 fully saturated rings. The van der Waals surface area contributed by atoms with Crippen molar-refractivity contribution < 1.29 is 9.13 Å². The Morgan fingerprint density at radius 2 is 2.12 bits per heavy atom. The fourth-order valence-electron chi connectivity index (χ4n) is 1.39. The molecule has 0 saturated heterocycles. The van der Waals surface area contributed by atoms with Crippen molar-refractivity contribution in [1.29, 1.82) is 0 Å². The molecule has 0 N–H and O–H groups in total. The summed E-state index contributed by atoms with van der Waals surface area (Å²) in [5.41, 5.74) is 0.963. The van der Waals surface area contributed by atoms with Crippen LogP contribution in [0, 0.1) is 5.82 Å². The summed E-state index contributed by atoms with van der Waals surface area (Å²) in [6.45, 7) is 0.484. The first-order valence-corrected chi connectivity index (χ1v) is 6.03. The summed E-state index contributed by atoms with van der Waals surface area (Å²) in [7, 11) is 0. The Kier molecular flexibility index (Phi) is 4.09. The second-order valence-electron chi connectivity index (χ2n) is 3.50. The first-order valence-electron chi connectivity index (χ1n) is 5.23. The lowest BCUT2D eigenvalue weighted by Gasteiger charge is -2.06. The van der Waals surface area contributed by atoms with Gasteiger partial charge in [-0.25, -0.2) is 4.39 Å². The molecule has 1 aromatic carbocycles. The van der Waals surface area contributed by atoms with Crippen molar-refractivity contribution in [3.05, 3.63) is 58.6 Å². The van der Waals surface area contributed by atoms with Gasteiger partial charge in [-0.05, 0) is 40.2 Å². The maximum Gasteiger partial charge on any atom is 0.141 e. The molecule has 4 heteroatoms. The molecule has 0 aliphatic rings. The van der Waals surface area contributed by atoms with Gasteiger partial charge >= 0.3 is 0 Å². The molecule has 0 spiro atoms. The van der Waals surface area contributed by atoms with Crippen LogP contribution >= 0.6 is 15.9 Å². The molecule has 0 atom stereocenters. The smallest absolute Gasteiger partial charge is 0.141 e. The molecule has 88 valence electrons. The summed E-state index contributed by atoms with van der Waals surface area (Å²) in [5, 5.41) is 0. The van der Waals surface area contributed by atoms with Gasteiger partial charge in [0.2, 0.25) is 0 Å². The lowest BCUT2D eigenvalue weighted by molar-refractivity contribution is 0.318. The van der Waals surface area contributed by atoms with E-state index in [2.05, 4.69) is 20.9 Å². The van der Waals surface area contributed by atoms with Gasteiger partial charge in [-0.3, -0.25) is 4.98 Å². The molecule has 0 aliphatic carbocycles. The largest absolute Gasteiger partial charge is 0.493 e. The lowest BCUT2D eigenvalue weighted by atomic mass is 10.3. The molecule has 17 heavy (non-hydrogen) atoms. The molecule has 2 aromatic rings. The highest BCUT2D eigenvalue weighted by Gasteiger charge is 2.01. The van der Waals surface area contributed by atoms with Gasteiger partial charge in [-0.1, -0.05) is 6.07 Å². The first kappa shape index (κ1) is 12.0. The van der Waals surface area contributed by atoms with Crippen LogP contribution in [0.15, 0.2) is 47.1 Å². The Balaban J connectivity index is 1.88. The Hall–Kier alpha value is -1.42. The van der Waals surface area contributed by atoms with Crippen LogP contribution in [0.5, 0.6) is 5.75 Å². The van der Waals surface area contributed by atoms with E-state index in [1.165, 1.54) is 6.07 Å². The highest BCUT2D eigenvalue weighted by atomic mass is 79.9. The number of hydrogen-bond acceptors (Lipinski definition) is 2. The van der Waals surface area contributed by atoms with E-state index in [4.69, 9.17) is 4.74 Å². The third-order valence-corrected chi connectivity index (χ3v) is 2.89. The Bertz CT molecular complexity index is 490. The number of halogens is 2. The van der Waals surface area contributed by atoms with Crippen LogP contribution < -0.4 is 4.74 Å². The predicted octanol–water partition coefficient (Wildman–Crippen LogP) is 3.60. The van der Waals surface area contributed by atoms with Crippen LogP contribution in [0.3, 0.4) is 0 Å². The molecule has 0 unspecified atom stereocenters. The van der Waals surface area contributed by atoms with Gasteiger partial charge in [0.05, 0.1) is 11.1 Å². The van der Waals surface area contributed by atoms with Crippen LogP contribution in [0.25, 0.3) is 0 Å². The summed E-state index contributed by atoms with van der Waals surface area (Å²) >= 11 is 3.09. The van der Waals surface area contributed by atoms with Gasteiger partial charge in [-0.2, -0.15) is 0 Å². The van der Waals surface area contributed by atoms with Crippen molar-refractivity contribution in [3.63, 3.8) is 0 Å². The quantitative estimate of drug-likeness (QED) is 0.860. The zero-order chi connectivity index (χ0) is 12.1. The molecule has 0 bridgehead atoms. The molecular weight excluding hydrogens is 285 g/mol. The Morgan fingerprint density at radius 3 is 2.82 bits per heavy atom. The van der Waals surface area contributed by atoms with Gasteiger partial charge in [0.25, 0.3) is 0 Å². The molecule has 1 heterocycles. The molecule has 0 amide bonds. The van der Waals surface area contributed by atoms with Crippen LogP contribution in [-0.4, -0.2) is 11.6 Å². The summed E-state index contributed by atoms with van der Waals surface area (Å²) in [4.78, 5) is 4.18. The zero-order valence-corrected chi connectivity index (χ0v) is 10.7. The molecule has 0 radical (unpaired) electrons. The van der Waals surface area contributed by atoms with E-state index in [1.54, 1.807) is 18.3 Å². The highest BCUT2D eigenvalue weighted by molar-refractivity contribution is 9.10. The lowest BCUT2D eigenvalue weighted by Crippen LogP contribution is -2.02. The second-order valence-corrected chi connectivity index (χ2v) is 4.35. The maximum atomic E-state index is 13.2. The van der Waals surface area contributed by atoms with Crippen molar-refractivity contribution in [3.8, 4) is 5.75 Å². The van der Waals surface area contributed by atoms with E-state index < -0.39 is 0 Å². The minimum Gasteiger partial charge on any atom is -0.493 e. The normalized spacial score (nSPS) is 10.2. The third kappa shape index (κ3) is 3.53. The number of rotatable bonds is 4. The van der Waals surface area contributed by atoms with E-state index in [0.717, 1.165) is 5.69 Å². The summed E-state index contributed by atoms with van der Waals surface area (Å²) < 4.78 is 19.1. The average Bonchev–Trinajstić information content (AvgIpc) is 2.35. The number of nitrogens with zero attached hydrogens (tertiary/aromatic N) is 1. The van der Waals surface area contributed by atoms with Crippen LogP contribution in [0.4, 0.5) is 4.39 Å². The topological polar surface area (TPSA) is 22.1 Å². The maximum absolute atomic E-state index is 13.2. The molecule has 2 rings (SSSR count).